The molecule has 0 saturated heterocycles. The molecule has 0 bridgehead atoms. The van der Waals surface area contributed by atoms with Gasteiger partial charge in [0.15, 0.2) is 0 Å². The summed E-state index contributed by atoms with van der Waals surface area (Å²) in [7, 11) is 5.88. The Morgan fingerprint density at radius 2 is 2.11 bits per heavy atom. The second-order valence-electron chi connectivity index (χ2n) is 4.47. The van der Waals surface area contributed by atoms with E-state index in [2.05, 4.69) is 39.3 Å². The zero-order valence-electron chi connectivity index (χ0n) is 11.5. The zero-order chi connectivity index (χ0) is 13.4. The second kappa shape index (κ2) is 8.51. The first-order valence-corrected chi connectivity index (χ1v) is 7.12. The number of nitrogens with zero attached hydrogens (tertiary/aromatic N) is 1. The van der Waals surface area contributed by atoms with Gasteiger partial charge in [-0.05, 0) is 63.8 Å². The molecular weight excluding hydrogens is 292 g/mol. The fourth-order valence-electron chi connectivity index (χ4n) is 1.89. The summed E-state index contributed by atoms with van der Waals surface area (Å²) in [5, 5.41) is 3.17. The van der Waals surface area contributed by atoms with Crippen molar-refractivity contribution in [2.75, 3.05) is 40.8 Å². The number of likely N-dealkylation sites (N-methyl/N-ethyl adjacent to an activating group) is 1. The number of benzene rings is 1. The summed E-state index contributed by atoms with van der Waals surface area (Å²) < 4.78 is 6.49. The highest BCUT2D eigenvalue weighted by Gasteiger charge is 2.05. The molecule has 0 spiro atoms. The Morgan fingerprint density at radius 3 is 2.78 bits per heavy atom. The van der Waals surface area contributed by atoms with Gasteiger partial charge in [0.2, 0.25) is 0 Å². The number of rotatable bonds is 8. The largest absolute Gasteiger partial charge is 0.496 e. The van der Waals surface area contributed by atoms with Gasteiger partial charge in [-0.25, -0.2) is 0 Å². The van der Waals surface area contributed by atoms with Crippen LogP contribution in [0.1, 0.15) is 12.0 Å². The molecule has 0 aliphatic carbocycles. The third-order valence-corrected chi connectivity index (χ3v) is 3.47. The van der Waals surface area contributed by atoms with E-state index in [1.807, 2.05) is 19.2 Å². The summed E-state index contributed by atoms with van der Waals surface area (Å²) in [6.45, 7) is 3.25. The van der Waals surface area contributed by atoms with Crippen LogP contribution in [0.2, 0.25) is 0 Å². The molecule has 0 unspecified atom stereocenters. The van der Waals surface area contributed by atoms with Gasteiger partial charge in [-0.2, -0.15) is 0 Å². The van der Waals surface area contributed by atoms with Gasteiger partial charge in [0.1, 0.15) is 5.75 Å². The predicted octanol–water partition coefficient (Wildman–Crippen LogP) is 2.54. The first-order chi connectivity index (χ1) is 8.67. The van der Waals surface area contributed by atoms with Gasteiger partial charge in [0.25, 0.3) is 0 Å². The van der Waals surface area contributed by atoms with E-state index in [0.29, 0.717) is 0 Å². The zero-order valence-corrected chi connectivity index (χ0v) is 13.1. The van der Waals surface area contributed by atoms with Crippen LogP contribution in [-0.2, 0) is 6.42 Å². The molecule has 1 rings (SSSR count). The maximum atomic E-state index is 5.38. The smallest absolute Gasteiger partial charge is 0.122 e. The van der Waals surface area contributed by atoms with Gasteiger partial charge < -0.3 is 15.0 Å². The molecule has 18 heavy (non-hydrogen) atoms. The second-order valence-corrected chi connectivity index (χ2v) is 5.38. The molecular formula is C14H23BrN2O. The lowest BCUT2D eigenvalue weighted by Gasteiger charge is -2.17. The fraction of sp³-hybridized carbons (Fsp3) is 0.571. The average Bonchev–Trinajstić information content (AvgIpc) is 2.37. The molecule has 0 heterocycles. The lowest BCUT2D eigenvalue weighted by Crippen LogP contribution is -2.25. The Hall–Kier alpha value is -0.580. The topological polar surface area (TPSA) is 24.5 Å². The molecule has 0 amide bonds. The maximum absolute atomic E-state index is 5.38. The summed E-state index contributed by atoms with van der Waals surface area (Å²) >= 11 is 3.51. The van der Waals surface area contributed by atoms with Crippen LogP contribution in [0.3, 0.4) is 0 Å². The van der Waals surface area contributed by atoms with Crippen molar-refractivity contribution in [2.24, 2.45) is 0 Å². The Balaban J connectivity index is 2.44. The molecule has 0 radical (unpaired) electrons. The van der Waals surface area contributed by atoms with E-state index < -0.39 is 0 Å². The molecule has 0 aliphatic rings. The van der Waals surface area contributed by atoms with Crippen LogP contribution in [-0.4, -0.2) is 45.7 Å². The molecule has 0 atom stereocenters. The normalized spacial score (nSPS) is 10.9. The SMILES string of the molecule is CNCCCN(C)CCc1cc(Br)ccc1OC. The molecule has 0 aliphatic heterocycles. The fourth-order valence-corrected chi connectivity index (χ4v) is 2.30. The Bertz CT molecular complexity index is 358. The van der Waals surface area contributed by atoms with Crippen LogP contribution in [0.25, 0.3) is 0 Å². The van der Waals surface area contributed by atoms with Gasteiger partial charge in [-0.1, -0.05) is 15.9 Å². The number of halogens is 1. The van der Waals surface area contributed by atoms with Crippen molar-refractivity contribution in [3.8, 4) is 5.75 Å². The number of nitrogens with one attached hydrogen (secondary N) is 1. The van der Waals surface area contributed by atoms with E-state index in [1.54, 1.807) is 7.11 Å². The Kier molecular flexibility index (Phi) is 7.32. The molecule has 4 heteroatoms. The highest BCUT2D eigenvalue weighted by molar-refractivity contribution is 9.10. The van der Waals surface area contributed by atoms with E-state index in [1.165, 1.54) is 12.0 Å². The van der Waals surface area contributed by atoms with Crippen LogP contribution in [0.15, 0.2) is 22.7 Å². The molecule has 1 aromatic rings. The number of hydrogen-bond donors (Lipinski definition) is 1. The minimum Gasteiger partial charge on any atom is -0.496 e. The van der Waals surface area contributed by atoms with Crippen molar-refractivity contribution in [2.45, 2.75) is 12.8 Å². The molecule has 102 valence electrons. The molecule has 0 fully saturated rings. The van der Waals surface area contributed by atoms with Crippen molar-refractivity contribution >= 4 is 15.9 Å². The summed E-state index contributed by atoms with van der Waals surface area (Å²) in [6.07, 6.45) is 2.20. The van der Waals surface area contributed by atoms with E-state index in [-0.39, 0.29) is 0 Å². The van der Waals surface area contributed by atoms with Crippen LogP contribution in [0.4, 0.5) is 0 Å². The van der Waals surface area contributed by atoms with Crippen molar-refractivity contribution in [3.63, 3.8) is 0 Å². The quantitative estimate of drug-likeness (QED) is 0.746. The Morgan fingerprint density at radius 1 is 1.33 bits per heavy atom. The average molecular weight is 315 g/mol. The van der Waals surface area contributed by atoms with Crippen molar-refractivity contribution in [3.05, 3.63) is 28.2 Å². The molecule has 0 saturated carbocycles. The summed E-state index contributed by atoms with van der Waals surface area (Å²) in [4.78, 5) is 2.36. The van der Waals surface area contributed by atoms with E-state index in [4.69, 9.17) is 4.74 Å². The minimum absolute atomic E-state index is 0.974. The van der Waals surface area contributed by atoms with Gasteiger partial charge in [-0.3, -0.25) is 0 Å². The molecule has 1 aromatic carbocycles. The van der Waals surface area contributed by atoms with E-state index in [9.17, 15) is 0 Å². The van der Waals surface area contributed by atoms with Gasteiger partial charge in [-0.15, -0.1) is 0 Å². The predicted molar refractivity (Wildman–Crippen MR) is 80.4 cm³/mol. The molecule has 0 aromatic heterocycles. The van der Waals surface area contributed by atoms with E-state index >= 15 is 0 Å². The number of hydrogen-bond acceptors (Lipinski definition) is 3. The minimum atomic E-state index is 0.974. The van der Waals surface area contributed by atoms with Crippen molar-refractivity contribution in [1.29, 1.82) is 0 Å². The highest BCUT2D eigenvalue weighted by Crippen LogP contribution is 2.23. The van der Waals surface area contributed by atoms with Gasteiger partial charge in [0, 0.05) is 11.0 Å². The van der Waals surface area contributed by atoms with Gasteiger partial charge >= 0.3 is 0 Å². The van der Waals surface area contributed by atoms with Crippen molar-refractivity contribution < 1.29 is 4.74 Å². The van der Waals surface area contributed by atoms with E-state index in [0.717, 1.165) is 36.3 Å². The lowest BCUT2D eigenvalue weighted by molar-refractivity contribution is 0.329. The summed E-state index contributed by atoms with van der Waals surface area (Å²) in [5.74, 6) is 0.974. The van der Waals surface area contributed by atoms with Gasteiger partial charge in [0.05, 0.1) is 7.11 Å². The van der Waals surface area contributed by atoms with Crippen LogP contribution >= 0.6 is 15.9 Å². The van der Waals surface area contributed by atoms with Crippen LogP contribution in [0, 0.1) is 0 Å². The van der Waals surface area contributed by atoms with Crippen LogP contribution in [0.5, 0.6) is 5.75 Å². The Labute approximate surface area is 119 Å². The first kappa shape index (κ1) is 15.5. The number of ether oxygens (including phenoxy) is 1. The standard InChI is InChI=1S/C14H23BrN2O/c1-16-8-4-9-17(2)10-7-12-11-13(15)5-6-14(12)18-3/h5-6,11,16H,4,7-10H2,1-3H3. The van der Waals surface area contributed by atoms with Crippen LogP contribution < -0.4 is 10.1 Å². The lowest BCUT2D eigenvalue weighted by atomic mass is 10.1. The summed E-state index contributed by atoms with van der Waals surface area (Å²) in [5.41, 5.74) is 1.26. The third kappa shape index (κ3) is 5.38. The molecule has 1 N–H and O–H groups in total. The summed E-state index contributed by atoms with van der Waals surface area (Å²) in [6, 6.07) is 6.17. The first-order valence-electron chi connectivity index (χ1n) is 6.33. The number of methoxy groups -OCH3 is 1. The monoisotopic (exact) mass is 314 g/mol. The molecule has 3 nitrogen and oxygen atoms in total. The maximum Gasteiger partial charge on any atom is 0.122 e. The van der Waals surface area contributed by atoms with Crippen molar-refractivity contribution in [1.82, 2.24) is 10.2 Å². The third-order valence-electron chi connectivity index (χ3n) is 2.97. The highest BCUT2D eigenvalue weighted by atomic mass is 79.9.